The Balaban J connectivity index is 2.53. The number of carbonyl (C=O) groups excluding carboxylic acids is 1. The Morgan fingerprint density at radius 2 is 2.50 bits per heavy atom. The first-order valence-corrected chi connectivity index (χ1v) is 3.85. The molecule has 0 unspecified atom stereocenters. The highest BCUT2D eigenvalue weighted by molar-refractivity contribution is 5.80. The number of ether oxygens (including phenoxy) is 1. The van der Waals surface area contributed by atoms with Crippen molar-refractivity contribution in [1.82, 2.24) is 4.90 Å². The molecule has 1 aliphatic heterocycles. The van der Waals surface area contributed by atoms with Gasteiger partial charge in [0.25, 0.3) is 0 Å². The Kier molecular flexibility index (Phi) is 3.02. The number of nitrogens with zero attached hydrogens (tertiary/aromatic N) is 1. The molecule has 1 rings (SSSR count). The van der Waals surface area contributed by atoms with E-state index in [1.54, 1.807) is 12.0 Å². The van der Waals surface area contributed by atoms with Gasteiger partial charge in [-0.3, -0.25) is 9.69 Å². The Bertz CT molecular complexity index is 174. The molecular formula is C7H14N2O3. The SMILES string of the molecule is COCN1C[C@H](O)C[C@H]1C(N)=O. The molecule has 1 fully saturated rings. The molecule has 0 aromatic rings. The quantitative estimate of drug-likeness (QED) is 0.546. The van der Waals surface area contributed by atoms with Crippen LogP contribution in [0.4, 0.5) is 0 Å². The number of aliphatic hydroxyl groups is 1. The van der Waals surface area contributed by atoms with E-state index < -0.39 is 12.0 Å². The number of hydrogen-bond acceptors (Lipinski definition) is 4. The number of primary amides is 1. The normalized spacial score (nSPS) is 30.8. The molecule has 1 amide bonds. The lowest BCUT2D eigenvalue weighted by atomic mass is 10.2. The van der Waals surface area contributed by atoms with Crippen molar-refractivity contribution < 1.29 is 14.6 Å². The lowest BCUT2D eigenvalue weighted by Gasteiger charge is -2.19. The third-order valence-corrected chi connectivity index (χ3v) is 2.00. The summed E-state index contributed by atoms with van der Waals surface area (Å²) < 4.78 is 4.86. The molecule has 0 aromatic heterocycles. The number of likely N-dealkylation sites (tertiary alicyclic amines) is 1. The Morgan fingerprint density at radius 3 is 3.00 bits per heavy atom. The van der Waals surface area contributed by atoms with Crippen LogP contribution in [0.25, 0.3) is 0 Å². The maximum absolute atomic E-state index is 10.8. The van der Waals surface area contributed by atoms with Gasteiger partial charge in [-0.2, -0.15) is 0 Å². The maximum Gasteiger partial charge on any atom is 0.234 e. The Hall–Kier alpha value is -0.650. The Labute approximate surface area is 71.1 Å². The largest absolute Gasteiger partial charge is 0.392 e. The van der Waals surface area contributed by atoms with Gasteiger partial charge in [-0.05, 0) is 6.42 Å². The van der Waals surface area contributed by atoms with Crippen molar-refractivity contribution >= 4 is 5.91 Å². The van der Waals surface area contributed by atoms with E-state index in [1.807, 2.05) is 0 Å². The average Bonchev–Trinajstić information content (AvgIpc) is 2.32. The second-order valence-corrected chi connectivity index (χ2v) is 3.00. The summed E-state index contributed by atoms with van der Waals surface area (Å²) in [5.74, 6) is -0.399. The zero-order chi connectivity index (χ0) is 9.14. The van der Waals surface area contributed by atoms with Crippen molar-refractivity contribution in [3.63, 3.8) is 0 Å². The molecule has 0 aromatic carbocycles. The summed E-state index contributed by atoms with van der Waals surface area (Å²) in [5.41, 5.74) is 5.13. The van der Waals surface area contributed by atoms with Crippen LogP contribution in [0.3, 0.4) is 0 Å². The summed E-state index contributed by atoms with van der Waals surface area (Å²) in [6.45, 7) is 0.798. The molecule has 1 aliphatic rings. The highest BCUT2D eigenvalue weighted by Crippen LogP contribution is 2.16. The standard InChI is InChI=1S/C7H14N2O3/c1-12-4-9-3-5(10)2-6(9)7(8)11/h5-6,10H,2-4H2,1H3,(H2,8,11)/t5-,6+/m1/s1. The molecule has 2 atom stereocenters. The highest BCUT2D eigenvalue weighted by atomic mass is 16.5. The van der Waals surface area contributed by atoms with E-state index in [0.29, 0.717) is 19.7 Å². The minimum absolute atomic E-state index is 0.338. The van der Waals surface area contributed by atoms with Crippen molar-refractivity contribution in [3.8, 4) is 0 Å². The van der Waals surface area contributed by atoms with Crippen molar-refractivity contribution in [3.05, 3.63) is 0 Å². The second-order valence-electron chi connectivity index (χ2n) is 3.00. The lowest BCUT2D eigenvalue weighted by molar-refractivity contribution is -0.123. The van der Waals surface area contributed by atoms with Gasteiger partial charge in [-0.1, -0.05) is 0 Å². The number of hydrogen-bond donors (Lipinski definition) is 2. The summed E-state index contributed by atoms with van der Waals surface area (Å²) >= 11 is 0. The number of methoxy groups -OCH3 is 1. The van der Waals surface area contributed by atoms with Gasteiger partial charge in [-0.25, -0.2) is 0 Å². The van der Waals surface area contributed by atoms with Gasteiger partial charge in [-0.15, -0.1) is 0 Å². The number of β-amino-alcohol motifs (C(OH)–C–C–N with tert-alkyl or cyclic N) is 1. The van der Waals surface area contributed by atoms with E-state index in [1.165, 1.54) is 0 Å². The fourth-order valence-electron chi connectivity index (χ4n) is 1.48. The minimum atomic E-state index is -0.461. The smallest absolute Gasteiger partial charge is 0.234 e. The number of nitrogens with two attached hydrogens (primary N) is 1. The summed E-state index contributed by atoms with van der Waals surface area (Å²) in [7, 11) is 1.54. The first kappa shape index (κ1) is 9.44. The zero-order valence-corrected chi connectivity index (χ0v) is 7.06. The molecule has 0 spiro atoms. The minimum Gasteiger partial charge on any atom is -0.392 e. The molecule has 0 saturated carbocycles. The van der Waals surface area contributed by atoms with E-state index in [9.17, 15) is 9.90 Å². The van der Waals surface area contributed by atoms with E-state index >= 15 is 0 Å². The van der Waals surface area contributed by atoms with Crippen molar-refractivity contribution in [2.24, 2.45) is 5.73 Å². The predicted molar refractivity (Wildman–Crippen MR) is 42.2 cm³/mol. The van der Waals surface area contributed by atoms with Gasteiger partial charge < -0.3 is 15.6 Å². The van der Waals surface area contributed by atoms with Crippen LogP contribution < -0.4 is 5.73 Å². The van der Waals surface area contributed by atoms with E-state index in [0.717, 1.165) is 0 Å². The van der Waals surface area contributed by atoms with Crippen LogP contribution in [-0.4, -0.2) is 48.4 Å². The van der Waals surface area contributed by atoms with Crippen molar-refractivity contribution in [1.29, 1.82) is 0 Å². The van der Waals surface area contributed by atoms with E-state index in [2.05, 4.69) is 0 Å². The number of amides is 1. The third kappa shape index (κ3) is 1.94. The highest BCUT2D eigenvalue weighted by Gasteiger charge is 2.34. The lowest BCUT2D eigenvalue weighted by Crippen LogP contribution is -2.41. The van der Waals surface area contributed by atoms with Crippen LogP contribution in [0, 0.1) is 0 Å². The van der Waals surface area contributed by atoms with Crippen molar-refractivity contribution in [2.45, 2.75) is 18.6 Å². The Morgan fingerprint density at radius 1 is 1.83 bits per heavy atom. The number of rotatable bonds is 3. The first-order chi connectivity index (χ1) is 5.65. The van der Waals surface area contributed by atoms with Gasteiger partial charge >= 0.3 is 0 Å². The third-order valence-electron chi connectivity index (χ3n) is 2.00. The molecule has 12 heavy (non-hydrogen) atoms. The molecule has 5 heteroatoms. The fourth-order valence-corrected chi connectivity index (χ4v) is 1.48. The molecule has 3 N–H and O–H groups in total. The second kappa shape index (κ2) is 3.84. The van der Waals surface area contributed by atoms with Crippen molar-refractivity contribution in [2.75, 3.05) is 20.4 Å². The van der Waals surface area contributed by atoms with Gasteiger partial charge in [0.15, 0.2) is 0 Å². The van der Waals surface area contributed by atoms with Gasteiger partial charge in [0.1, 0.15) is 0 Å². The van der Waals surface area contributed by atoms with Crippen LogP contribution in [0.2, 0.25) is 0 Å². The monoisotopic (exact) mass is 174 g/mol. The van der Waals surface area contributed by atoms with Crippen LogP contribution in [0.15, 0.2) is 0 Å². The van der Waals surface area contributed by atoms with Crippen LogP contribution in [-0.2, 0) is 9.53 Å². The summed E-state index contributed by atoms with van der Waals surface area (Å²) in [5, 5.41) is 9.24. The van der Waals surface area contributed by atoms with Crippen LogP contribution >= 0.6 is 0 Å². The average molecular weight is 174 g/mol. The molecule has 0 bridgehead atoms. The number of aliphatic hydroxyl groups excluding tert-OH is 1. The van der Waals surface area contributed by atoms with Gasteiger partial charge in [0.05, 0.1) is 18.9 Å². The van der Waals surface area contributed by atoms with Gasteiger partial charge in [0.2, 0.25) is 5.91 Å². The fraction of sp³-hybridized carbons (Fsp3) is 0.857. The van der Waals surface area contributed by atoms with E-state index in [4.69, 9.17) is 10.5 Å². The molecule has 0 radical (unpaired) electrons. The molecule has 1 heterocycles. The first-order valence-electron chi connectivity index (χ1n) is 3.85. The summed E-state index contributed by atoms with van der Waals surface area (Å²) in [6.07, 6.45) is -0.0451. The molecule has 0 aliphatic carbocycles. The predicted octanol–water partition coefficient (Wildman–Crippen LogP) is -1.49. The topological polar surface area (TPSA) is 75.8 Å². The van der Waals surface area contributed by atoms with E-state index in [-0.39, 0.29) is 6.04 Å². The molecule has 1 saturated heterocycles. The van der Waals surface area contributed by atoms with Gasteiger partial charge in [0, 0.05) is 13.7 Å². The summed E-state index contributed by atoms with van der Waals surface area (Å²) in [6, 6.07) is -0.375. The molecule has 70 valence electrons. The summed E-state index contributed by atoms with van der Waals surface area (Å²) in [4.78, 5) is 12.6. The molecule has 5 nitrogen and oxygen atoms in total. The van der Waals surface area contributed by atoms with Crippen LogP contribution in [0.1, 0.15) is 6.42 Å². The number of carbonyl (C=O) groups is 1. The molecular weight excluding hydrogens is 160 g/mol. The van der Waals surface area contributed by atoms with Crippen LogP contribution in [0.5, 0.6) is 0 Å². The maximum atomic E-state index is 10.8. The zero-order valence-electron chi connectivity index (χ0n) is 7.06.